The largest absolute Gasteiger partial charge is 0.395 e. The molecule has 1 amide bonds. The van der Waals surface area contributed by atoms with Crippen molar-refractivity contribution in [1.29, 1.82) is 0 Å². The quantitative estimate of drug-likeness (QED) is 0.427. The van der Waals surface area contributed by atoms with Crippen molar-refractivity contribution in [2.45, 2.75) is 26.2 Å². The number of benzene rings is 1. The van der Waals surface area contributed by atoms with Gasteiger partial charge in [0.1, 0.15) is 0 Å². The van der Waals surface area contributed by atoms with Gasteiger partial charge in [0.15, 0.2) is 9.84 Å². The Morgan fingerprint density at radius 2 is 1.93 bits per heavy atom. The Morgan fingerprint density at radius 1 is 1.26 bits per heavy atom. The molecule has 0 saturated carbocycles. The molecule has 154 valence electrons. The van der Waals surface area contributed by atoms with Crippen LogP contribution in [0.2, 0.25) is 0 Å². The molecule has 0 bridgehead atoms. The molecule has 0 fully saturated rings. The van der Waals surface area contributed by atoms with Gasteiger partial charge in [0.05, 0.1) is 36.7 Å². The second-order valence-corrected chi connectivity index (χ2v) is 10.6. The maximum absolute atomic E-state index is 12.7. The molecule has 0 spiro atoms. The maximum Gasteiger partial charge on any atom is 0.246 e. The number of rotatable bonds is 11. The lowest BCUT2D eigenvalue weighted by Crippen LogP contribution is -2.50. The molecule has 0 aromatic heterocycles. The minimum absolute atomic E-state index is 0.0838. The van der Waals surface area contributed by atoms with Gasteiger partial charge < -0.3 is 9.84 Å². The molecule has 0 saturated heterocycles. The van der Waals surface area contributed by atoms with Crippen molar-refractivity contribution in [3.63, 3.8) is 0 Å². The van der Waals surface area contributed by atoms with Crippen molar-refractivity contribution in [1.82, 2.24) is 10.9 Å². The van der Waals surface area contributed by atoms with Crippen molar-refractivity contribution in [3.8, 4) is 0 Å². The summed E-state index contributed by atoms with van der Waals surface area (Å²) in [5, 5.41) is 8.88. The first kappa shape index (κ1) is 24.0. The maximum atomic E-state index is 12.7. The van der Waals surface area contributed by atoms with E-state index in [1.807, 2.05) is 24.3 Å². The first-order valence-corrected chi connectivity index (χ1v) is 11.2. The van der Waals surface area contributed by atoms with Crippen LogP contribution < -0.4 is 10.9 Å². The van der Waals surface area contributed by atoms with Crippen LogP contribution in [0.15, 0.2) is 28.7 Å². The van der Waals surface area contributed by atoms with E-state index in [2.05, 4.69) is 26.8 Å². The fourth-order valence-corrected chi connectivity index (χ4v) is 4.84. The van der Waals surface area contributed by atoms with E-state index in [1.165, 1.54) is 0 Å². The highest BCUT2D eigenvalue weighted by atomic mass is 79.9. The number of hydrazine groups is 1. The third kappa shape index (κ3) is 7.50. The number of carbonyl (C=O) groups is 1. The van der Waals surface area contributed by atoms with Crippen LogP contribution in [-0.2, 0) is 24.8 Å². The number of aliphatic hydroxyl groups excluding tert-OH is 1. The van der Waals surface area contributed by atoms with E-state index in [9.17, 15) is 13.2 Å². The monoisotopic (exact) mass is 464 g/mol. The van der Waals surface area contributed by atoms with Gasteiger partial charge in [-0.2, -0.15) is 0 Å². The number of sulfone groups is 1. The van der Waals surface area contributed by atoms with Crippen molar-refractivity contribution in [3.05, 3.63) is 34.3 Å². The summed E-state index contributed by atoms with van der Waals surface area (Å²) in [7, 11) is -1.76. The normalized spacial score (nSPS) is 14.6. The van der Waals surface area contributed by atoms with Gasteiger partial charge in [-0.3, -0.25) is 10.2 Å². The molecule has 7 nitrogen and oxygen atoms in total. The summed E-state index contributed by atoms with van der Waals surface area (Å²) in [5.41, 5.74) is 4.40. The Kier molecular flexibility index (Phi) is 8.88. The van der Waals surface area contributed by atoms with Gasteiger partial charge in [0.25, 0.3) is 0 Å². The Hall–Kier alpha value is -1.00. The van der Waals surface area contributed by atoms with Crippen LogP contribution in [-0.4, -0.2) is 57.8 Å². The predicted molar refractivity (Wildman–Crippen MR) is 109 cm³/mol. The van der Waals surface area contributed by atoms with E-state index >= 15 is 0 Å². The lowest BCUT2D eigenvalue weighted by molar-refractivity contribution is -0.130. The number of hydrogen-bond acceptors (Lipinski definition) is 6. The second-order valence-electron chi connectivity index (χ2n) is 7.52. The lowest BCUT2D eigenvalue weighted by atomic mass is 9.82. The molecule has 1 unspecified atom stereocenters. The molecule has 3 N–H and O–H groups in total. The smallest absolute Gasteiger partial charge is 0.246 e. The predicted octanol–water partition coefficient (Wildman–Crippen LogP) is 1.41. The van der Waals surface area contributed by atoms with E-state index < -0.39 is 27.3 Å². The molecule has 9 heteroatoms. The topological polar surface area (TPSA) is 105 Å². The van der Waals surface area contributed by atoms with Crippen LogP contribution in [0.3, 0.4) is 0 Å². The van der Waals surface area contributed by atoms with Crippen molar-refractivity contribution in [2.75, 3.05) is 38.4 Å². The molecule has 0 aliphatic carbocycles. The summed E-state index contributed by atoms with van der Waals surface area (Å²) in [6.07, 6.45) is 0. The minimum atomic E-state index is -3.36. The zero-order chi connectivity index (χ0) is 20.7. The standard InChI is InChI=1S/C18H29BrN2O5S/c1-17(2,13-27(24,25)9-8-22)11-26-12-18(3,16(23)21-20-4)14-6-5-7-15(19)10-14/h5-7,10,20,22H,8-9,11-13H2,1-4H3,(H,21,23). The molecule has 1 rings (SSSR count). The zero-order valence-electron chi connectivity index (χ0n) is 16.2. The molecule has 27 heavy (non-hydrogen) atoms. The van der Waals surface area contributed by atoms with Crippen LogP contribution in [0.4, 0.5) is 0 Å². The summed E-state index contributed by atoms with van der Waals surface area (Å²) in [6, 6.07) is 7.42. The van der Waals surface area contributed by atoms with Crippen LogP contribution in [0.25, 0.3) is 0 Å². The van der Waals surface area contributed by atoms with Gasteiger partial charge in [-0.1, -0.05) is 41.9 Å². The highest BCUT2D eigenvalue weighted by Gasteiger charge is 2.37. The number of aliphatic hydroxyl groups is 1. The van der Waals surface area contributed by atoms with E-state index in [4.69, 9.17) is 9.84 Å². The number of amides is 1. The van der Waals surface area contributed by atoms with Gasteiger partial charge in [-0.05, 0) is 24.6 Å². The SMILES string of the molecule is CNNC(=O)C(C)(COCC(C)(C)CS(=O)(=O)CCO)c1cccc(Br)c1. The van der Waals surface area contributed by atoms with Crippen LogP contribution in [0.5, 0.6) is 0 Å². The first-order chi connectivity index (χ1) is 12.5. The molecule has 0 aliphatic rings. The summed E-state index contributed by atoms with van der Waals surface area (Å²) in [6.45, 7) is 5.19. The Balaban J connectivity index is 2.90. The van der Waals surface area contributed by atoms with Gasteiger partial charge in [-0.25, -0.2) is 13.8 Å². The molecule has 0 heterocycles. The second kappa shape index (κ2) is 9.97. The number of carbonyl (C=O) groups excluding carboxylic acids is 1. The lowest BCUT2D eigenvalue weighted by Gasteiger charge is -2.31. The summed E-state index contributed by atoms with van der Waals surface area (Å²) < 4.78 is 30.6. The Bertz CT molecular complexity index is 739. The van der Waals surface area contributed by atoms with E-state index in [0.29, 0.717) is 0 Å². The average molecular weight is 465 g/mol. The van der Waals surface area contributed by atoms with Crippen molar-refractivity contribution >= 4 is 31.7 Å². The minimum Gasteiger partial charge on any atom is -0.395 e. The average Bonchev–Trinajstić information content (AvgIpc) is 2.53. The van der Waals surface area contributed by atoms with Gasteiger partial charge >= 0.3 is 0 Å². The van der Waals surface area contributed by atoms with Crippen molar-refractivity contribution < 1.29 is 23.1 Å². The van der Waals surface area contributed by atoms with E-state index in [0.717, 1.165) is 10.0 Å². The van der Waals surface area contributed by atoms with Crippen LogP contribution in [0, 0.1) is 5.41 Å². The molecular formula is C18H29BrN2O5S. The highest BCUT2D eigenvalue weighted by Crippen LogP contribution is 2.28. The van der Waals surface area contributed by atoms with Crippen molar-refractivity contribution in [2.24, 2.45) is 5.41 Å². The van der Waals surface area contributed by atoms with E-state index in [-0.39, 0.29) is 30.6 Å². The number of hydrogen-bond donors (Lipinski definition) is 3. The number of nitrogens with one attached hydrogen (secondary N) is 2. The molecule has 1 atom stereocenters. The third-order valence-corrected chi connectivity index (χ3v) is 6.62. The summed E-state index contributed by atoms with van der Waals surface area (Å²) >= 11 is 3.42. The highest BCUT2D eigenvalue weighted by molar-refractivity contribution is 9.10. The molecule has 0 aliphatic heterocycles. The fourth-order valence-electron chi connectivity index (χ4n) is 2.74. The molecule has 1 aromatic rings. The third-order valence-electron chi connectivity index (χ3n) is 4.10. The Morgan fingerprint density at radius 3 is 2.48 bits per heavy atom. The summed E-state index contributed by atoms with van der Waals surface area (Å²) in [5.74, 6) is -0.623. The van der Waals surface area contributed by atoms with Crippen LogP contribution in [0.1, 0.15) is 26.3 Å². The fraction of sp³-hybridized carbons (Fsp3) is 0.611. The molecule has 0 radical (unpaired) electrons. The molecular weight excluding hydrogens is 436 g/mol. The van der Waals surface area contributed by atoms with Gasteiger partial charge in [0.2, 0.25) is 5.91 Å². The zero-order valence-corrected chi connectivity index (χ0v) is 18.6. The van der Waals surface area contributed by atoms with Gasteiger partial charge in [-0.15, -0.1) is 0 Å². The number of halogens is 1. The first-order valence-electron chi connectivity index (χ1n) is 8.58. The van der Waals surface area contributed by atoms with Crippen LogP contribution >= 0.6 is 15.9 Å². The summed E-state index contributed by atoms with van der Waals surface area (Å²) in [4.78, 5) is 12.7. The molecule has 1 aromatic carbocycles. The van der Waals surface area contributed by atoms with E-state index in [1.54, 1.807) is 27.8 Å². The Labute approximate surface area is 169 Å². The number of ether oxygens (including phenoxy) is 1. The van der Waals surface area contributed by atoms with Gasteiger partial charge in [0, 0.05) is 16.9 Å².